The molecule has 3 aromatic rings. The molecular formula is C20H17Cl2N3O3S. The number of benzene rings is 1. The number of thiophene rings is 1. The van der Waals surface area contributed by atoms with Crippen LogP contribution in [0.3, 0.4) is 0 Å². The first-order valence-electron chi connectivity index (χ1n) is 8.69. The Kier molecular flexibility index (Phi) is 7.46. The molecular weight excluding hydrogens is 433 g/mol. The summed E-state index contributed by atoms with van der Waals surface area (Å²) < 4.78 is 5.59. The fourth-order valence-corrected chi connectivity index (χ4v) is 3.64. The first kappa shape index (κ1) is 21.1. The Morgan fingerprint density at radius 3 is 2.62 bits per heavy atom. The van der Waals surface area contributed by atoms with Crippen LogP contribution < -0.4 is 15.4 Å². The molecule has 2 heterocycles. The number of pyridine rings is 1. The van der Waals surface area contributed by atoms with Crippen molar-refractivity contribution in [2.75, 3.05) is 18.5 Å². The molecule has 0 fully saturated rings. The summed E-state index contributed by atoms with van der Waals surface area (Å²) in [7, 11) is 0. The van der Waals surface area contributed by atoms with Crippen LogP contribution in [0.25, 0.3) is 0 Å². The highest BCUT2D eigenvalue weighted by atomic mass is 35.5. The van der Waals surface area contributed by atoms with Gasteiger partial charge in [-0.3, -0.25) is 14.6 Å². The molecule has 9 heteroatoms. The molecule has 0 saturated heterocycles. The molecule has 0 aliphatic heterocycles. The average molecular weight is 450 g/mol. The molecule has 3 rings (SSSR count). The first-order valence-corrected chi connectivity index (χ1v) is 10.3. The van der Waals surface area contributed by atoms with Gasteiger partial charge in [-0.25, -0.2) is 0 Å². The minimum atomic E-state index is -0.298. The molecule has 0 bridgehead atoms. The lowest BCUT2D eigenvalue weighted by Gasteiger charge is -2.10. The lowest BCUT2D eigenvalue weighted by Crippen LogP contribution is -2.26. The zero-order chi connectivity index (χ0) is 20.6. The smallest absolute Gasteiger partial charge is 0.263 e. The highest BCUT2D eigenvalue weighted by Gasteiger charge is 2.15. The predicted molar refractivity (Wildman–Crippen MR) is 115 cm³/mol. The Labute approximate surface area is 181 Å². The van der Waals surface area contributed by atoms with Crippen LogP contribution in [0.2, 0.25) is 10.0 Å². The molecule has 2 aromatic heterocycles. The Morgan fingerprint density at radius 1 is 1.07 bits per heavy atom. The molecule has 0 spiro atoms. The van der Waals surface area contributed by atoms with Gasteiger partial charge in [-0.15, -0.1) is 11.3 Å². The number of aromatic nitrogens is 1. The second-order valence-electron chi connectivity index (χ2n) is 5.89. The van der Waals surface area contributed by atoms with Gasteiger partial charge in [0.15, 0.2) is 0 Å². The number of ether oxygens (including phenoxy) is 1. The molecule has 1 aromatic carbocycles. The number of nitrogens with one attached hydrogen (secondary N) is 2. The van der Waals surface area contributed by atoms with Gasteiger partial charge in [0, 0.05) is 29.5 Å². The fraction of sp³-hybridized carbons (Fsp3) is 0.150. The maximum atomic E-state index is 12.4. The number of hydrogen-bond acceptors (Lipinski definition) is 5. The van der Waals surface area contributed by atoms with Crippen LogP contribution in [-0.4, -0.2) is 29.9 Å². The van der Waals surface area contributed by atoms with E-state index < -0.39 is 0 Å². The van der Waals surface area contributed by atoms with E-state index in [1.807, 2.05) is 0 Å². The average Bonchev–Trinajstić information content (AvgIpc) is 3.18. The summed E-state index contributed by atoms with van der Waals surface area (Å²) >= 11 is 13.2. The van der Waals surface area contributed by atoms with Gasteiger partial charge >= 0.3 is 0 Å². The van der Waals surface area contributed by atoms with E-state index in [0.717, 1.165) is 0 Å². The fourth-order valence-electron chi connectivity index (χ4n) is 2.41. The number of amides is 2. The lowest BCUT2D eigenvalue weighted by atomic mass is 10.2. The minimum absolute atomic E-state index is 0.255. The summed E-state index contributed by atoms with van der Waals surface area (Å²) in [6.07, 6.45) is 3.67. The third-order valence-corrected chi connectivity index (χ3v) is 5.26. The van der Waals surface area contributed by atoms with E-state index in [4.69, 9.17) is 27.9 Å². The predicted octanol–water partition coefficient (Wildman–Crippen LogP) is 4.90. The van der Waals surface area contributed by atoms with Crippen molar-refractivity contribution in [1.29, 1.82) is 0 Å². The van der Waals surface area contributed by atoms with Crippen LogP contribution in [0.1, 0.15) is 26.5 Å². The molecule has 2 amide bonds. The second-order valence-corrected chi connectivity index (χ2v) is 7.65. The van der Waals surface area contributed by atoms with Crippen LogP contribution in [0.15, 0.2) is 54.2 Å². The van der Waals surface area contributed by atoms with Crippen molar-refractivity contribution in [3.8, 4) is 5.75 Å². The van der Waals surface area contributed by atoms with E-state index >= 15 is 0 Å². The maximum Gasteiger partial charge on any atom is 0.263 e. The van der Waals surface area contributed by atoms with E-state index in [0.29, 0.717) is 51.5 Å². The van der Waals surface area contributed by atoms with E-state index in [1.54, 1.807) is 41.8 Å². The quantitative estimate of drug-likeness (QED) is 0.479. The summed E-state index contributed by atoms with van der Waals surface area (Å²) in [5, 5.41) is 8.31. The monoisotopic (exact) mass is 449 g/mol. The van der Waals surface area contributed by atoms with Crippen molar-refractivity contribution in [2.45, 2.75) is 6.42 Å². The van der Waals surface area contributed by atoms with Crippen molar-refractivity contribution < 1.29 is 14.3 Å². The molecule has 0 unspecified atom stereocenters. The largest absolute Gasteiger partial charge is 0.492 e. The number of anilines is 1. The van der Waals surface area contributed by atoms with Crippen LogP contribution in [0.5, 0.6) is 5.75 Å². The molecule has 6 nitrogen and oxygen atoms in total. The van der Waals surface area contributed by atoms with E-state index in [9.17, 15) is 9.59 Å². The normalized spacial score (nSPS) is 10.4. The zero-order valence-electron chi connectivity index (χ0n) is 15.2. The van der Waals surface area contributed by atoms with Crippen LogP contribution >= 0.6 is 34.5 Å². The third kappa shape index (κ3) is 5.93. The standard InChI is InChI=1S/C20H17Cl2N3O3S/c21-14-2-3-17(15(22)12-14)28-10-1-7-24-20(27)18-16(6-11-29-18)25-19(26)13-4-8-23-9-5-13/h2-6,8-9,11-12H,1,7,10H2,(H,24,27)(H,25,26). The zero-order valence-corrected chi connectivity index (χ0v) is 17.5. The molecule has 0 aliphatic carbocycles. The van der Waals surface area contributed by atoms with Crippen molar-refractivity contribution >= 4 is 52.0 Å². The maximum absolute atomic E-state index is 12.4. The molecule has 0 atom stereocenters. The van der Waals surface area contributed by atoms with E-state index in [2.05, 4.69) is 15.6 Å². The van der Waals surface area contributed by atoms with Crippen LogP contribution in [-0.2, 0) is 0 Å². The minimum Gasteiger partial charge on any atom is -0.492 e. The molecule has 0 aliphatic rings. The van der Waals surface area contributed by atoms with Gasteiger partial charge in [0.05, 0.1) is 17.3 Å². The number of carbonyl (C=O) groups is 2. The number of carbonyl (C=O) groups excluding carboxylic acids is 2. The summed E-state index contributed by atoms with van der Waals surface area (Å²) in [4.78, 5) is 29.0. The molecule has 0 radical (unpaired) electrons. The Balaban J connectivity index is 1.46. The first-order chi connectivity index (χ1) is 14.0. The van der Waals surface area contributed by atoms with Gasteiger partial charge in [-0.2, -0.15) is 0 Å². The van der Waals surface area contributed by atoms with Crippen LogP contribution in [0, 0.1) is 0 Å². The number of hydrogen-bond donors (Lipinski definition) is 2. The van der Waals surface area contributed by atoms with Crippen molar-refractivity contribution in [2.24, 2.45) is 0 Å². The van der Waals surface area contributed by atoms with Crippen molar-refractivity contribution in [1.82, 2.24) is 10.3 Å². The van der Waals surface area contributed by atoms with Gasteiger partial charge in [0.1, 0.15) is 10.6 Å². The van der Waals surface area contributed by atoms with E-state index in [1.165, 1.54) is 23.7 Å². The lowest BCUT2D eigenvalue weighted by molar-refractivity contribution is 0.0956. The summed E-state index contributed by atoms with van der Waals surface area (Å²) in [5.74, 6) is -0.00981. The van der Waals surface area contributed by atoms with Gasteiger partial charge < -0.3 is 15.4 Å². The number of rotatable bonds is 8. The Morgan fingerprint density at radius 2 is 1.86 bits per heavy atom. The van der Waals surface area contributed by atoms with Gasteiger partial charge in [-0.1, -0.05) is 23.2 Å². The molecule has 0 saturated carbocycles. The second kappa shape index (κ2) is 10.2. The van der Waals surface area contributed by atoms with Crippen LogP contribution in [0.4, 0.5) is 5.69 Å². The molecule has 150 valence electrons. The van der Waals surface area contributed by atoms with Crippen molar-refractivity contribution in [3.63, 3.8) is 0 Å². The topological polar surface area (TPSA) is 80.3 Å². The SMILES string of the molecule is O=C(Nc1ccsc1C(=O)NCCCOc1ccc(Cl)cc1Cl)c1ccncc1. The van der Waals surface area contributed by atoms with Gasteiger partial charge in [0.25, 0.3) is 11.8 Å². The molecule has 29 heavy (non-hydrogen) atoms. The number of nitrogens with zero attached hydrogens (tertiary/aromatic N) is 1. The highest BCUT2D eigenvalue weighted by Crippen LogP contribution is 2.27. The van der Waals surface area contributed by atoms with Gasteiger partial charge in [0.2, 0.25) is 0 Å². The van der Waals surface area contributed by atoms with Gasteiger partial charge in [-0.05, 0) is 48.2 Å². The number of halogens is 2. The Bertz CT molecular complexity index is 996. The van der Waals surface area contributed by atoms with Crippen molar-refractivity contribution in [3.05, 3.63) is 74.7 Å². The Hall–Kier alpha value is -2.61. The summed E-state index contributed by atoms with van der Waals surface area (Å²) in [6, 6.07) is 9.92. The summed E-state index contributed by atoms with van der Waals surface area (Å²) in [5.41, 5.74) is 0.939. The molecule has 2 N–H and O–H groups in total. The third-order valence-electron chi connectivity index (χ3n) is 3.82. The highest BCUT2D eigenvalue weighted by molar-refractivity contribution is 7.12. The summed E-state index contributed by atoms with van der Waals surface area (Å²) in [6.45, 7) is 0.803. The van der Waals surface area contributed by atoms with E-state index in [-0.39, 0.29) is 11.8 Å².